The average Bonchev–Trinajstić information content (AvgIpc) is 3.40. The lowest BCUT2D eigenvalue weighted by Gasteiger charge is -2.17. The summed E-state index contributed by atoms with van der Waals surface area (Å²) in [6.07, 6.45) is 4.74. The molecule has 27 heavy (non-hydrogen) atoms. The second-order valence-corrected chi connectivity index (χ2v) is 8.42. The van der Waals surface area contributed by atoms with Gasteiger partial charge in [-0.2, -0.15) is 0 Å². The van der Waals surface area contributed by atoms with Crippen LogP contribution in [-0.4, -0.2) is 25.0 Å². The summed E-state index contributed by atoms with van der Waals surface area (Å²) in [4.78, 5) is 0. The molecule has 0 radical (unpaired) electrons. The van der Waals surface area contributed by atoms with Crippen molar-refractivity contribution in [3.63, 3.8) is 0 Å². The molecule has 0 spiro atoms. The Bertz CT molecular complexity index is 916. The van der Waals surface area contributed by atoms with E-state index in [0.717, 1.165) is 29.4 Å². The van der Waals surface area contributed by atoms with Crippen LogP contribution >= 0.6 is 23.4 Å². The molecule has 1 fully saturated rings. The summed E-state index contributed by atoms with van der Waals surface area (Å²) in [6.45, 7) is 4.08. The molecule has 1 saturated carbocycles. The fourth-order valence-corrected chi connectivity index (χ4v) is 4.44. The van der Waals surface area contributed by atoms with Gasteiger partial charge in [-0.05, 0) is 25.0 Å². The Kier molecular flexibility index (Phi) is 5.50. The van der Waals surface area contributed by atoms with E-state index in [-0.39, 0.29) is 5.92 Å². The van der Waals surface area contributed by atoms with Crippen molar-refractivity contribution >= 4 is 23.4 Å². The number of rotatable bonds is 6. The predicted octanol–water partition coefficient (Wildman–Crippen LogP) is 5.51. The minimum Gasteiger partial charge on any atom is -0.424 e. The first-order valence-corrected chi connectivity index (χ1v) is 10.6. The maximum absolute atomic E-state index is 6.43. The van der Waals surface area contributed by atoms with Crippen LogP contribution in [0.4, 0.5) is 0 Å². The van der Waals surface area contributed by atoms with Crippen LogP contribution in [0.1, 0.15) is 63.3 Å². The molecule has 0 atom stereocenters. The van der Waals surface area contributed by atoms with Gasteiger partial charge in [0.2, 0.25) is 11.8 Å². The SMILES string of the molecule is CC(C)c1nnc(CSc2nnc(-c3ccccc3Cl)n2C2CCCC2)o1. The molecule has 1 aliphatic rings. The van der Waals surface area contributed by atoms with E-state index < -0.39 is 0 Å². The van der Waals surface area contributed by atoms with E-state index in [4.69, 9.17) is 16.0 Å². The van der Waals surface area contributed by atoms with E-state index >= 15 is 0 Å². The number of hydrogen-bond donors (Lipinski definition) is 0. The Morgan fingerprint density at radius 2 is 1.93 bits per heavy atom. The zero-order valence-corrected chi connectivity index (χ0v) is 17.0. The van der Waals surface area contributed by atoms with E-state index in [0.29, 0.717) is 28.6 Å². The lowest BCUT2D eigenvalue weighted by molar-refractivity contribution is 0.444. The fourth-order valence-electron chi connectivity index (χ4n) is 3.38. The summed E-state index contributed by atoms with van der Waals surface area (Å²) in [5.41, 5.74) is 0.922. The highest BCUT2D eigenvalue weighted by atomic mass is 35.5. The normalized spacial score (nSPS) is 15.1. The van der Waals surface area contributed by atoms with Gasteiger partial charge in [0.05, 0.1) is 10.8 Å². The molecule has 2 heterocycles. The molecule has 0 amide bonds. The topological polar surface area (TPSA) is 69.6 Å². The molecule has 1 aromatic carbocycles. The van der Waals surface area contributed by atoms with Crippen molar-refractivity contribution < 1.29 is 4.42 Å². The largest absolute Gasteiger partial charge is 0.424 e. The molecule has 1 aliphatic carbocycles. The number of halogens is 1. The van der Waals surface area contributed by atoms with E-state index in [2.05, 4.69) is 25.0 Å². The lowest BCUT2D eigenvalue weighted by Crippen LogP contribution is -2.08. The zero-order chi connectivity index (χ0) is 18.8. The average molecular weight is 404 g/mol. The Morgan fingerprint density at radius 1 is 1.15 bits per heavy atom. The smallest absolute Gasteiger partial charge is 0.226 e. The van der Waals surface area contributed by atoms with Crippen LogP contribution in [-0.2, 0) is 5.75 Å². The van der Waals surface area contributed by atoms with Crippen molar-refractivity contribution in [3.05, 3.63) is 41.1 Å². The van der Waals surface area contributed by atoms with Gasteiger partial charge in [0.25, 0.3) is 0 Å². The van der Waals surface area contributed by atoms with Gasteiger partial charge in [-0.1, -0.05) is 62.2 Å². The van der Waals surface area contributed by atoms with Gasteiger partial charge in [-0.3, -0.25) is 4.57 Å². The first kappa shape index (κ1) is 18.5. The van der Waals surface area contributed by atoms with Gasteiger partial charge in [0.15, 0.2) is 11.0 Å². The van der Waals surface area contributed by atoms with Crippen molar-refractivity contribution in [3.8, 4) is 11.4 Å². The highest BCUT2D eigenvalue weighted by molar-refractivity contribution is 7.98. The van der Waals surface area contributed by atoms with Crippen molar-refractivity contribution in [2.24, 2.45) is 0 Å². The van der Waals surface area contributed by atoms with E-state index in [1.165, 1.54) is 12.8 Å². The molecule has 0 N–H and O–H groups in total. The summed E-state index contributed by atoms with van der Waals surface area (Å²) in [5, 5.41) is 18.8. The van der Waals surface area contributed by atoms with E-state index in [1.54, 1.807) is 11.8 Å². The Balaban J connectivity index is 1.63. The summed E-state index contributed by atoms with van der Waals surface area (Å²) >= 11 is 8.01. The van der Waals surface area contributed by atoms with Gasteiger partial charge < -0.3 is 4.42 Å². The van der Waals surface area contributed by atoms with Gasteiger partial charge in [-0.25, -0.2) is 0 Å². The summed E-state index contributed by atoms with van der Waals surface area (Å²) < 4.78 is 7.97. The Morgan fingerprint density at radius 3 is 2.63 bits per heavy atom. The molecule has 3 aromatic rings. The second kappa shape index (κ2) is 8.02. The molecule has 0 aliphatic heterocycles. The van der Waals surface area contributed by atoms with Gasteiger partial charge >= 0.3 is 0 Å². The van der Waals surface area contributed by atoms with Crippen LogP contribution in [0.15, 0.2) is 33.8 Å². The maximum Gasteiger partial charge on any atom is 0.226 e. The molecular weight excluding hydrogens is 382 g/mol. The molecule has 2 aromatic heterocycles. The Hall–Kier alpha value is -1.86. The molecule has 142 valence electrons. The molecular formula is C19H22ClN5OS. The number of hydrogen-bond acceptors (Lipinski definition) is 6. The van der Waals surface area contributed by atoms with Crippen molar-refractivity contribution in [2.75, 3.05) is 0 Å². The standard InChI is InChI=1S/C19H22ClN5OS/c1-12(2)18-23-21-16(26-18)11-27-19-24-22-17(14-9-5-6-10-15(14)20)25(19)13-7-3-4-8-13/h5-6,9-10,12-13H,3-4,7-8,11H2,1-2H3. The van der Waals surface area contributed by atoms with Gasteiger partial charge in [0.1, 0.15) is 0 Å². The first-order chi connectivity index (χ1) is 13.1. The molecule has 4 rings (SSSR count). The van der Waals surface area contributed by atoms with Crippen LogP contribution in [0.25, 0.3) is 11.4 Å². The molecule has 0 unspecified atom stereocenters. The number of benzene rings is 1. The fraction of sp³-hybridized carbons (Fsp3) is 0.474. The van der Waals surface area contributed by atoms with Crippen LogP contribution < -0.4 is 0 Å². The number of aromatic nitrogens is 5. The van der Waals surface area contributed by atoms with Crippen LogP contribution in [0, 0.1) is 0 Å². The van der Waals surface area contributed by atoms with Crippen LogP contribution in [0.2, 0.25) is 5.02 Å². The molecule has 6 nitrogen and oxygen atoms in total. The Labute approximate surface area is 167 Å². The lowest BCUT2D eigenvalue weighted by atomic mass is 10.2. The number of thioether (sulfide) groups is 1. The van der Waals surface area contributed by atoms with Gasteiger partial charge in [0, 0.05) is 17.5 Å². The van der Waals surface area contributed by atoms with E-state index in [1.807, 2.05) is 38.1 Å². The highest BCUT2D eigenvalue weighted by Gasteiger charge is 2.26. The summed E-state index contributed by atoms with van der Waals surface area (Å²) in [5.74, 6) is 2.92. The molecule has 0 saturated heterocycles. The van der Waals surface area contributed by atoms with Gasteiger partial charge in [-0.15, -0.1) is 20.4 Å². The molecule has 0 bridgehead atoms. The number of nitrogens with zero attached hydrogens (tertiary/aromatic N) is 5. The van der Waals surface area contributed by atoms with Crippen LogP contribution in [0.5, 0.6) is 0 Å². The minimum absolute atomic E-state index is 0.227. The third kappa shape index (κ3) is 3.89. The predicted molar refractivity (Wildman–Crippen MR) is 106 cm³/mol. The molecule has 8 heteroatoms. The third-order valence-corrected chi connectivity index (χ3v) is 6.03. The van der Waals surface area contributed by atoms with Crippen molar-refractivity contribution in [1.82, 2.24) is 25.0 Å². The quantitative estimate of drug-likeness (QED) is 0.505. The summed E-state index contributed by atoms with van der Waals surface area (Å²) in [7, 11) is 0. The minimum atomic E-state index is 0.227. The first-order valence-electron chi connectivity index (χ1n) is 9.28. The highest BCUT2D eigenvalue weighted by Crippen LogP contribution is 2.38. The van der Waals surface area contributed by atoms with Crippen molar-refractivity contribution in [2.45, 2.75) is 62.4 Å². The second-order valence-electron chi connectivity index (χ2n) is 7.07. The van der Waals surface area contributed by atoms with E-state index in [9.17, 15) is 0 Å². The van der Waals surface area contributed by atoms with Crippen LogP contribution in [0.3, 0.4) is 0 Å². The maximum atomic E-state index is 6.43. The zero-order valence-electron chi connectivity index (χ0n) is 15.4. The summed E-state index contributed by atoms with van der Waals surface area (Å²) in [6, 6.07) is 8.21. The third-order valence-electron chi connectivity index (χ3n) is 4.77. The monoisotopic (exact) mass is 403 g/mol. The van der Waals surface area contributed by atoms with Crippen molar-refractivity contribution in [1.29, 1.82) is 0 Å².